The molecule has 7 nitrogen and oxygen atoms in total. The number of piperidine rings is 1. The molecule has 2 rings (SSSR count). The van der Waals surface area contributed by atoms with Gasteiger partial charge in [-0.05, 0) is 35.2 Å². The van der Waals surface area contributed by atoms with Crippen LogP contribution in [0.3, 0.4) is 0 Å². The third kappa shape index (κ3) is 2.56. The molecule has 0 aromatic carbocycles. The molecule has 1 aliphatic rings. The zero-order chi connectivity index (χ0) is 14.8. The molecule has 2 heterocycles. The number of pyridine rings is 1. The first-order valence-electron chi connectivity index (χ1n) is 6.57. The topological polar surface area (TPSA) is 96.6 Å². The van der Waals surface area contributed by atoms with Crippen molar-refractivity contribution in [1.82, 2.24) is 4.98 Å². The van der Waals surface area contributed by atoms with Gasteiger partial charge in [-0.2, -0.15) is 0 Å². The molecule has 0 spiro atoms. The fourth-order valence-electron chi connectivity index (χ4n) is 2.64. The Balaban J connectivity index is 2.20. The molecule has 0 bridgehead atoms. The average molecular weight is 279 g/mol. The van der Waals surface area contributed by atoms with Crippen LogP contribution in [0.15, 0.2) is 18.3 Å². The van der Waals surface area contributed by atoms with Crippen LogP contribution in [0.25, 0.3) is 0 Å². The molecule has 1 fully saturated rings. The van der Waals surface area contributed by atoms with Crippen LogP contribution < -0.4 is 4.90 Å². The molecule has 1 aromatic rings. The van der Waals surface area contributed by atoms with E-state index in [0.29, 0.717) is 19.4 Å². The van der Waals surface area contributed by atoms with Crippen molar-refractivity contribution in [3.8, 4) is 0 Å². The highest BCUT2D eigenvalue weighted by molar-refractivity contribution is 5.76. The monoisotopic (exact) mass is 279 g/mol. The van der Waals surface area contributed by atoms with Gasteiger partial charge in [0.05, 0.1) is 11.1 Å². The number of anilines is 1. The molecule has 0 aliphatic carbocycles. The van der Waals surface area contributed by atoms with Crippen molar-refractivity contribution in [3.63, 3.8) is 0 Å². The summed E-state index contributed by atoms with van der Waals surface area (Å²) in [6.45, 7) is 3.04. The van der Waals surface area contributed by atoms with Gasteiger partial charge in [-0.25, -0.2) is 0 Å². The summed E-state index contributed by atoms with van der Waals surface area (Å²) in [5.74, 6) is -0.981. The SMILES string of the molecule is CCC1(C(=O)O)CCCN(c2ccc([N+](=O)[O-])nc2)C1. The smallest absolute Gasteiger partial charge is 0.363 e. The third-order valence-electron chi connectivity index (χ3n) is 3.99. The van der Waals surface area contributed by atoms with Gasteiger partial charge >= 0.3 is 11.8 Å². The summed E-state index contributed by atoms with van der Waals surface area (Å²) in [6.07, 6.45) is 3.46. The van der Waals surface area contributed by atoms with Crippen molar-refractivity contribution in [2.75, 3.05) is 18.0 Å². The number of nitrogens with zero attached hydrogens (tertiary/aromatic N) is 3. The van der Waals surface area contributed by atoms with E-state index in [-0.39, 0.29) is 5.82 Å². The van der Waals surface area contributed by atoms with Crippen molar-refractivity contribution in [3.05, 3.63) is 28.4 Å². The summed E-state index contributed by atoms with van der Waals surface area (Å²) in [4.78, 5) is 27.3. The summed E-state index contributed by atoms with van der Waals surface area (Å²) in [5.41, 5.74) is -0.00518. The molecular formula is C13H17N3O4. The second-order valence-electron chi connectivity index (χ2n) is 5.10. The molecule has 1 atom stereocenters. The van der Waals surface area contributed by atoms with Gasteiger partial charge in [-0.15, -0.1) is 0 Å². The number of rotatable bonds is 4. The number of carboxylic acid groups (broad SMARTS) is 1. The Morgan fingerprint density at radius 2 is 2.35 bits per heavy atom. The predicted molar refractivity (Wildman–Crippen MR) is 72.7 cm³/mol. The first-order chi connectivity index (χ1) is 9.48. The van der Waals surface area contributed by atoms with Crippen LogP contribution in [0.5, 0.6) is 0 Å². The summed E-state index contributed by atoms with van der Waals surface area (Å²) < 4.78 is 0. The van der Waals surface area contributed by atoms with E-state index in [1.807, 2.05) is 11.8 Å². The van der Waals surface area contributed by atoms with Crippen molar-refractivity contribution < 1.29 is 14.8 Å². The van der Waals surface area contributed by atoms with Gasteiger partial charge in [0.1, 0.15) is 0 Å². The highest BCUT2D eigenvalue weighted by Crippen LogP contribution is 2.35. The molecule has 1 aromatic heterocycles. The van der Waals surface area contributed by atoms with Gasteiger partial charge in [0.15, 0.2) is 6.20 Å². The van der Waals surface area contributed by atoms with Crippen LogP contribution in [-0.4, -0.2) is 34.1 Å². The Kier molecular flexibility index (Phi) is 3.87. The van der Waals surface area contributed by atoms with Crippen LogP contribution in [0.4, 0.5) is 11.5 Å². The lowest BCUT2D eigenvalue weighted by Crippen LogP contribution is -2.47. The standard InChI is InChI=1S/C13H17N3O4/c1-2-13(12(17)18)6-3-7-15(9-13)10-4-5-11(14-8-10)16(19)20/h4-5,8H,2-3,6-7,9H2,1H3,(H,17,18). The van der Waals surface area contributed by atoms with Gasteiger partial charge < -0.3 is 20.1 Å². The summed E-state index contributed by atoms with van der Waals surface area (Å²) >= 11 is 0. The minimum atomic E-state index is -0.778. The molecule has 1 aliphatic heterocycles. The van der Waals surface area contributed by atoms with Crippen LogP contribution in [0.1, 0.15) is 26.2 Å². The Labute approximate surface area is 116 Å². The van der Waals surface area contributed by atoms with Gasteiger partial charge in [0, 0.05) is 19.2 Å². The first-order valence-corrected chi connectivity index (χ1v) is 6.57. The Morgan fingerprint density at radius 3 is 2.85 bits per heavy atom. The van der Waals surface area contributed by atoms with E-state index in [2.05, 4.69) is 4.98 Å². The molecule has 7 heteroatoms. The van der Waals surface area contributed by atoms with Crippen LogP contribution >= 0.6 is 0 Å². The minimum absolute atomic E-state index is 0.203. The summed E-state index contributed by atoms with van der Waals surface area (Å²) in [6, 6.07) is 2.97. The normalized spacial score (nSPS) is 22.6. The Morgan fingerprint density at radius 1 is 1.60 bits per heavy atom. The third-order valence-corrected chi connectivity index (χ3v) is 3.99. The molecule has 1 unspecified atom stereocenters. The molecule has 108 valence electrons. The zero-order valence-corrected chi connectivity index (χ0v) is 11.3. The highest BCUT2D eigenvalue weighted by atomic mass is 16.6. The maximum Gasteiger partial charge on any atom is 0.363 e. The van der Waals surface area contributed by atoms with E-state index in [9.17, 15) is 20.0 Å². The lowest BCUT2D eigenvalue weighted by molar-refractivity contribution is -0.389. The maximum absolute atomic E-state index is 11.5. The van der Waals surface area contributed by atoms with Crippen molar-refractivity contribution >= 4 is 17.5 Å². The van der Waals surface area contributed by atoms with Gasteiger partial charge in [-0.3, -0.25) is 4.79 Å². The van der Waals surface area contributed by atoms with Gasteiger partial charge in [-0.1, -0.05) is 6.92 Å². The number of carboxylic acids is 1. The van der Waals surface area contributed by atoms with E-state index in [0.717, 1.165) is 18.7 Å². The molecule has 20 heavy (non-hydrogen) atoms. The molecular weight excluding hydrogens is 262 g/mol. The molecule has 1 N–H and O–H groups in total. The highest BCUT2D eigenvalue weighted by Gasteiger charge is 2.41. The largest absolute Gasteiger partial charge is 0.481 e. The maximum atomic E-state index is 11.5. The number of hydrogen-bond acceptors (Lipinski definition) is 5. The summed E-state index contributed by atoms with van der Waals surface area (Å²) in [5, 5.41) is 20.0. The van der Waals surface area contributed by atoms with E-state index >= 15 is 0 Å². The van der Waals surface area contributed by atoms with Crippen molar-refractivity contribution in [2.24, 2.45) is 5.41 Å². The lowest BCUT2D eigenvalue weighted by atomic mass is 9.77. The van der Waals surface area contributed by atoms with Crippen LogP contribution in [-0.2, 0) is 4.79 Å². The molecule has 0 amide bonds. The second kappa shape index (κ2) is 5.44. The van der Waals surface area contributed by atoms with E-state index in [1.165, 1.54) is 12.3 Å². The number of aromatic nitrogens is 1. The van der Waals surface area contributed by atoms with Crippen molar-refractivity contribution in [2.45, 2.75) is 26.2 Å². The number of carbonyl (C=O) groups is 1. The van der Waals surface area contributed by atoms with Crippen LogP contribution in [0.2, 0.25) is 0 Å². The van der Waals surface area contributed by atoms with E-state index in [4.69, 9.17) is 0 Å². The molecule has 0 saturated carbocycles. The predicted octanol–water partition coefficient (Wildman–Crippen LogP) is 2.07. The Bertz CT molecular complexity index is 517. The van der Waals surface area contributed by atoms with Gasteiger partial charge in [0.25, 0.3) is 0 Å². The fourth-order valence-corrected chi connectivity index (χ4v) is 2.64. The average Bonchev–Trinajstić information content (AvgIpc) is 2.47. The van der Waals surface area contributed by atoms with E-state index in [1.54, 1.807) is 6.07 Å². The molecule has 1 saturated heterocycles. The van der Waals surface area contributed by atoms with E-state index < -0.39 is 16.3 Å². The first kappa shape index (κ1) is 14.2. The Hall–Kier alpha value is -2.18. The zero-order valence-electron chi connectivity index (χ0n) is 11.3. The number of nitro groups is 1. The summed E-state index contributed by atoms with van der Waals surface area (Å²) in [7, 11) is 0. The quantitative estimate of drug-likeness (QED) is 0.669. The van der Waals surface area contributed by atoms with Crippen molar-refractivity contribution in [1.29, 1.82) is 0 Å². The van der Waals surface area contributed by atoms with Crippen LogP contribution in [0, 0.1) is 15.5 Å². The lowest BCUT2D eigenvalue weighted by Gasteiger charge is -2.40. The number of aliphatic carboxylic acids is 1. The molecule has 0 radical (unpaired) electrons. The fraction of sp³-hybridized carbons (Fsp3) is 0.538. The second-order valence-corrected chi connectivity index (χ2v) is 5.10. The minimum Gasteiger partial charge on any atom is -0.481 e. The number of hydrogen-bond donors (Lipinski definition) is 1. The van der Waals surface area contributed by atoms with Gasteiger partial charge in [0.2, 0.25) is 0 Å².